The Morgan fingerprint density at radius 2 is 1.95 bits per heavy atom. The summed E-state index contributed by atoms with van der Waals surface area (Å²) >= 11 is 5.54. The fourth-order valence-electron chi connectivity index (χ4n) is 2.75. The lowest BCUT2D eigenvalue weighted by molar-refractivity contribution is -0.157. The molecular weight excluding hydrogens is 310 g/mol. The Morgan fingerprint density at radius 1 is 1.36 bits per heavy atom. The minimum absolute atomic E-state index is 0.170. The fourth-order valence-corrected chi connectivity index (χ4v) is 2.85. The lowest BCUT2D eigenvalue weighted by atomic mass is 9.83. The summed E-state index contributed by atoms with van der Waals surface area (Å²) in [5.74, 6) is -0.696. The van der Waals surface area contributed by atoms with Crippen molar-refractivity contribution in [2.75, 3.05) is 19.7 Å². The molecule has 0 spiro atoms. The minimum atomic E-state index is -1.13. The van der Waals surface area contributed by atoms with Crippen LogP contribution in [0.15, 0.2) is 0 Å². The number of likely N-dealkylation sites (tertiary alicyclic amines) is 1. The lowest BCUT2D eigenvalue weighted by Crippen LogP contribution is -2.58. The number of carbonyl (C=O) groups is 2. The van der Waals surface area contributed by atoms with Gasteiger partial charge in [-0.25, -0.2) is 9.59 Å². The molecule has 2 atom stereocenters. The number of alkyl halides is 1. The van der Waals surface area contributed by atoms with Crippen LogP contribution in [0.5, 0.6) is 0 Å². The van der Waals surface area contributed by atoms with Gasteiger partial charge in [-0.2, -0.15) is 0 Å². The second-order valence-electron chi connectivity index (χ2n) is 6.77. The Labute approximate surface area is 137 Å². The van der Waals surface area contributed by atoms with Gasteiger partial charge in [-0.3, -0.25) is 4.90 Å². The van der Waals surface area contributed by atoms with Crippen LogP contribution in [0.4, 0.5) is 4.79 Å². The summed E-state index contributed by atoms with van der Waals surface area (Å²) in [6, 6.07) is -0.257. The van der Waals surface area contributed by atoms with E-state index in [1.807, 2.05) is 13.8 Å². The van der Waals surface area contributed by atoms with E-state index in [9.17, 15) is 9.59 Å². The number of carbonyl (C=O) groups excluding carboxylic acids is 2. The van der Waals surface area contributed by atoms with Crippen molar-refractivity contribution in [2.45, 2.75) is 58.3 Å². The van der Waals surface area contributed by atoms with E-state index in [4.69, 9.17) is 25.8 Å². The third-order valence-corrected chi connectivity index (χ3v) is 3.96. The summed E-state index contributed by atoms with van der Waals surface area (Å²) in [5.41, 5.74) is -1.78. The average molecular weight is 336 g/mol. The zero-order valence-corrected chi connectivity index (χ0v) is 14.9. The van der Waals surface area contributed by atoms with Crippen LogP contribution in [-0.4, -0.2) is 53.9 Å². The van der Waals surface area contributed by atoms with E-state index in [0.29, 0.717) is 6.42 Å². The quantitative estimate of drug-likeness (QED) is 0.584. The number of hydrogen-bond donors (Lipinski definition) is 0. The second kappa shape index (κ2) is 7.04. The number of esters is 1. The summed E-state index contributed by atoms with van der Waals surface area (Å²) < 4.78 is 15.8. The molecule has 0 saturated carbocycles. The van der Waals surface area contributed by atoms with Gasteiger partial charge in [-0.15, -0.1) is 0 Å². The normalized spacial score (nSPS) is 25.5. The molecule has 1 saturated heterocycles. The van der Waals surface area contributed by atoms with Crippen molar-refractivity contribution in [1.29, 1.82) is 0 Å². The van der Waals surface area contributed by atoms with Gasteiger partial charge in [0.2, 0.25) is 0 Å². The molecule has 128 valence electrons. The van der Waals surface area contributed by atoms with E-state index in [1.54, 1.807) is 27.9 Å². The third kappa shape index (κ3) is 3.84. The molecule has 1 heterocycles. The number of ether oxygens (including phenoxy) is 3. The van der Waals surface area contributed by atoms with Crippen molar-refractivity contribution in [3.8, 4) is 0 Å². The Bertz CT molecular complexity index is 421. The van der Waals surface area contributed by atoms with Crippen molar-refractivity contribution in [3.63, 3.8) is 0 Å². The van der Waals surface area contributed by atoms with Gasteiger partial charge < -0.3 is 14.2 Å². The Hall–Kier alpha value is -1.01. The second-order valence-corrected chi connectivity index (χ2v) is 6.99. The van der Waals surface area contributed by atoms with Crippen LogP contribution in [0.1, 0.15) is 41.0 Å². The zero-order chi connectivity index (χ0) is 17.1. The highest BCUT2D eigenvalue weighted by atomic mass is 35.5. The molecule has 0 bridgehead atoms. The molecule has 0 N–H and O–H groups in total. The van der Waals surface area contributed by atoms with Gasteiger partial charge in [0, 0.05) is 13.5 Å². The molecule has 0 aromatic carbocycles. The monoisotopic (exact) mass is 335 g/mol. The fraction of sp³-hybridized carbons (Fsp3) is 0.867. The van der Waals surface area contributed by atoms with Crippen molar-refractivity contribution in [2.24, 2.45) is 5.92 Å². The van der Waals surface area contributed by atoms with Gasteiger partial charge in [0.25, 0.3) is 0 Å². The number of hydrogen-bond acceptors (Lipinski definition) is 5. The third-order valence-electron chi connectivity index (χ3n) is 3.85. The standard InChI is InChI=1S/C15H26ClNO5/c1-10(2)15(12(18)21-9-16)7-11(20-6)8-17(15)13(19)22-14(3,4)5/h10-11H,7-9H2,1-6H3. The molecule has 1 amide bonds. The van der Waals surface area contributed by atoms with Gasteiger partial charge in [0.05, 0.1) is 12.6 Å². The van der Waals surface area contributed by atoms with Crippen LogP contribution >= 0.6 is 11.6 Å². The van der Waals surface area contributed by atoms with Gasteiger partial charge in [-0.1, -0.05) is 25.4 Å². The minimum Gasteiger partial charge on any atom is -0.448 e. The van der Waals surface area contributed by atoms with Crippen LogP contribution in [-0.2, 0) is 19.0 Å². The SMILES string of the molecule is COC1CN(C(=O)OC(C)(C)C)C(C(=O)OCCl)(C(C)C)C1. The van der Waals surface area contributed by atoms with Gasteiger partial charge in [-0.05, 0) is 26.7 Å². The summed E-state index contributed by atoms with van der Waals surface area (Å²) in [7, 11) is 1.56. The van der Waals surface area contributed by atoms with E-state index in [1.165, 1.54) is 4.90 Å². The Morgan fingerprint density at radius 3 is 2.36 bits per heavy atom. The predicted octanol–water partition coefficient (Wildman–Crippen LogP) is 2.78. The molecule has 1 fully saturated rings. The molecule has 2 unspecified atom stereocenters. The van der Waals surface area contributed by atoms with E-state index >= 15 is 0 Å². The molecule has 1 aliphatic heterocycles. The first-order valence-electron chi connectivity index (χ1n) is 7.35. The molecular formula is C15H26ClNO5. The number of rotatable bonds is 4. The first-order chi connectivity index (χ1) is 10.1. The average Bonchev–Trinajstić information content (AvgIpc) is 2.78. The van der Waals surface area contributed by atoms with E-state index in [0.717, 1.165) is 0 Å². The number of nitrogens with zero attached hydrogens (tertiary/aromatic N) is 1. The van der Waals surface area contributed by atoms with Gasteiger partial charge in [0.1, 0.15) is 11.1 Å². The molecule has 0 aliphatic carbocycles. The van der Waals surface area contributed by atoms with Crippen molar-refractivity contribution < 1.29 is 23.8 Å². The zero-order valence-electron chi connectivity index (χ0n) is 14.1. The summed E-state index contributed by atoms with van der Waals surface area (Å²) in [6.45, 7) is 9.35. The molecule has 0 aromatic rings. The summed E-state index contributed by atoms with van der Waals surface area (Å²) in [6.07, 6.45) is -0.444. The largest absolute Gasteiger partial charge is 0.448 e. The van der Waals surface area contributed by atoms with Crippen molar-refractivity contribution in [1.82, 2.24) is 4.90 Å². The van der Waals surface area contributed by atoms with E-state index < -0.39 is 23.2 Å². The number of methoxy groups -OCH3 is 1. The smallest absolute Gasteiger partial charge is 0.411 e. The maximum Gasteiger partial charge on any atom is 0.411 e. The molecule has 0 radical (unpaired) electrons. The highest BCUT2D eigenvalue weighted by molar-refractivity contribution is 6.17. The van der Waals surface area contributed by atoms with Crippen LogP contribution < -0.4 is 0 Å². The van der Waals surface area contributed by atoms with Crippen LogP contribution in [0.25, 0.3) is 0 Å². The van der Waals surface area contributed by atoms with E-state index in [-0.39, 0.29) is 24.6 Å². The maximum absolute atomic E-state index is 12.6. The van der Waals surface area contributed by atoms with Crippen molar-refractivity contribution >= 4 is 23.7 Å². The van der Waals surface area contributed by atoms with Crippen LogP contribution in [0, 0.1) is 5.92 Å². The maximum atomic E-state index is 12.6. The van der Waals surface area contributed by atoms with E-state index in [2.05, 4.69) is 0 Å². The molecule has 7 heteroatoms. The Balaban J connectivity index is 3.18. The topological polar surface area (TPSA) is 65.1 Å². The molecule has 1 aliphatic rings. The Kier molecular flexibility index (Phi) is 6.10. The highest BCUT2D eigenvalue weighted by Crippen LogP contribution is 2.39. The van der Waals surface area contributed by atoms with Gasteiger partial charge in [0.15, 0.2) is 6.07 Å². The molecule has 1 rings (SSSR count). The van der Waals surface area contributed by atoms with Crippen LogP contribution in [0.2, 0.25) is 0 Å². The van der Waals surface area contributed by atoms with Gasteiger partial charge >= 0.3 is 12.1 Å². The summed E-state index contributed by atoms with van der Waals surface area (Å²) in [4.78, 5) is 26.5. The highest BCUT2D eigenvalue weighted by Gasteiger charge is 2.57. The van der Waals surface area contributed by atoms with Crippen LogP contribution in [0.3, 0.4) is 0 Å². The first kappa shape index (κ1) is 19.0. The lowest BCUT2D eigenvalue weighted by Gasteiger charge is -2.39. The predicted molar refractivity (Wildman–Crippen MR) is 82.7 cm³/mol. The first-order valence-corrected chi connectivity index (χ1v) is 7.88. The number of amides is 1. The molecule has 6 nitrogen and oxygen atoms in total. The van der Waals surface area contributed by atoms with Crippen molar-refractivity contribution in [3.05, 3.63) is 0 Å². The molecule has 22 heavy (non-hydrogen) atoms. The number of halogens is 1. The molecule has 0 aromatic heterocycles. The summed E-state index contributed by atoms with van der Waals surface area (Å²) in [5, 5.41) is 0.